The van der Waals surface area contributed by atoms with Crippen molar-refractivity contribution in [3.8, 4) is 5.75 Å². The van der Waals surface area contributed by atoms with E-state index in [9.17, 15) is 4.79 Å². The first-order valence-electron chi connectivity index (χ1n) is 4.30. The van der Waals surface area contributed by atoms with E-state index < -0.39 is 0 Å². The zero-order valence-corrected chi connectivity index (χ0v) is 9.12. The summed E-state index contributed by atoms with van der Waals surface area (Å²) in [4.78, 5) is 14.0. The van der Waals surface area contributed by atoms with Gasteiger partial charge in [-0.1, -0.05) is 11.3 Å². The lowest BCUT2D eigenvalue weighted by Crippen LogP contribution is -1.91. The number of nitrogens with one attached hydrogen (secondary N) is 1. The van der Waals surface area contributed by atoms with Crippen molar-refractivity contribution >= 4 is 21.6 Å². The van der Waals surface area contributed by atoms with Crippen LogP contribution < -0.4 is 9.61 Å². The highest BCUT2D eigenvalue weighted by molar-refractivity contribution is 7.16. The molecule has 1 heterocycles. The SMILES string of the molecule is COc1cc(C)c2[nH]c(=O)sc2c1C. The number of H-pyrrole nitrogens is 1. The fraction of sp³-hybridized carbons (Fsp3) is 0.300. The summed E-state index contributed by atoms with van der Waals surface area (Å²) >= 11 is 1.23. The first-order valence-corrected chi connectivity index (χ1v) is 5.12. The van der Waals surface area contributed by atoms with Gasteiger partial charge < -0.3 is 9.72 Å². The van der Waals surface area contributed by atoms with Crippen LogP contribution in [0.4, 0.5) is 0 Å². The van der Waals surface area contributed by atoms with E-state index in [1.54, 1.807) is 7.11 Å². The average molecular weight is 209 g/mol. The lowest BCUT2D eigenvalue weighted by Gasteiger charge is -2.06. The molecule has 74 valence electrons. The Labute approximate surface area is 85.3 Å². The fourth-order valence-electron chi connectivity index (χ4n) is 1.57. The molecule has 0 atom stereocenters. The van der Waals surface area contributed by atoms with Crippen molar-refractivity contribution in [2.24, 2.45) is 0 Å². The van der Waals surface area contributed by atoms with Crippen molar-refractivity contribution in [1.29, 1.82) is 0 Å². The Bertz CT molecular complexity index is 539. The molecule has 0 spiro atoms. The summed E-state index contributed by atoms with van der Waals surface area (Å²) in [5.74, 6) is 0.838. The van der Waals surface area contributed by atoms with Crippen LogP contribution in [0, 0.1) is 13.8 Å². The van der Waals surface area contributed by atoms with Gasteiger partial charge in [0, 0.05) is 5.56 Å². The first-order chi connectivity index (χ1) is 6.63. The van der Waals surface area contributed by atoms with Gasteiger partial charge in [0.1, 0.15) is 5.75 Å². The van der Waals surface area contributed by atoms with Crippen LogP contribution in [0.5, 0.6) is 5.75 Å². The van der Waals surface area contributed by atoms with Crippen LogP contribution in [-0.2, 0) is 0 Å². The van der Waals surface area contributed by atoms with Crippen LogP contribution in [-0.4, -0.2) is 12.1 Å². The normalized spacial score (nSPS) is 10.8. The molecule has 1 aromatic heterocycles. The van der Waals surface area contributed by atoms with E-state index in [-0.39, 0.29) is 4.87 Å². The number of aromatic amines is 1. The molecular weight excluding hydrogens is 198 g/mol. The molecule has 4 heteroatoms. The number of aromatic nitrogens is 1. The Morgan fingerprint density at radius 1 is 1.43 bits per heavy atom. The third-order valence-electron chi connectivity index (χ3n) is 2.32. The number of methoxy groups -OCH3 is 1. The summed E-state index contributed by atoms with van der Waals surface area (Å²) < 4.78 is 6.23. The molecule has 2 rings (SSSR count). The number of thiazole rings is 1. The van der Waals surface area contributed by atoms with E-state index in [2.05, 4.69) is 4.98 Å². The van der Waals surface area contributed by atoms with Crippen molar-refractivity contribution in [2.75, 3.05) is 7.11 Å². The molecule has 0 saturated heterocycles. The molecule has 0 aliphatic heterocycles. The molecule has 0 aliphatic rings. The third-order valence-corrected chi connectivity index (χ3v) is 3.32. The summed E-state index contributed by atoms with van der Waals surface area (Å²) in [5, 5.41) is 0. The summed E-state index contributed by atoms with van der Waals surface area (Å²) in [6.07, 6.45) is 0. The van der Waals surface area contributed by atoms with E-state index in [0.29, 0.717) is 0 Å². The molecule has 0 bridgehead atoms. The molecule has 3 nitrogen and oxygen atoms in total. The van der Waals surface area contributed by atoms with Crippen LogP contribution in [0.15, 0.2) is 10.9 Å². The fourth-order valence-corrected chi connectivity index (χ4v) is 2.48. The van der Waals surface area contributed by atoms with Crippen LogP contribution >= 0.6 is 11.3 Å². The molecule has 0 amide bonds. The minimum Gasteiger partial charge on any atom is -0.496 e. The summed E-state index contributed by atoms with van der Waals surface area (Å²) in [7, 11) is 1.64. The van der Waals surface area contributed by atoms with Gasteiger partial charge in [-0.25, -0.2) is 0 Å². The third kappa shape index (κ3) is 1.23. The number of rotatable bonds is 1. The number of aryl methyl sites for hydroxylation is 2. The number of hydrogen-bond donors (Lipinski definition) is 1. The minimum absolute atomic E-state index is 0.0144. The highest BCUT2D eigenvalue weighted by Crippen LogP contribution is 2.30. The minimum atomic E-state index is -0.0144. The molecule has 0 aliphatic carbocycles. The van der Waals surface area contributed by atoms with Crippen molar-refractivity contribution in [2.45, 2.75) is 13.8 Å². The van der Waals surface area contributed by atoms with Crippen molar-refractivity contribution < 1.29 is 4.74 Å². The predicted octanol–water partition coefficient (Wildman–Crippen LogP) is 2.22. The molecule has 1 N–H and O–H groups in total. The molecule has 0 radical (unpaired) electrons. The molecule has 0 fully saturated rings. The van der Waals surface area contributed by atoms with Gasteiger partial charge in [0.25, 0.3) is 0 Å². The van der Waals surface area contributed by atoms with Gasteiger partial charge >= 0.3 is 4.87 Å². The number of benzene rings is 1. The monoisotopic (exact) mass is 209 g/mol. The molecule has 14 heavy (non-hydrogen) atoms. The zero-order valence-electron chi connectivity index (χ0n) is 8.30. The highest BCUT2D eigenvalue weighted by atomic mass is 32.1. The van der Waals surface area contributed by atoms with Crippen LogP contribution in [0.2, 0.25) is 0 Å². The topological polar surface area (TPSA) is 42.1 Å². The maximum Gasteiger partial charge on any atom is 0.305 e. The van der Waals surface area contributed by atoms with Crippen LogP contribution in [0.1, 0.15) is 11.1 Å². The molecular formula is C10H11NO2S. The van der Waals surface area contributed by atoms with Gasteiger partial charge in [-0.05, 0) is 25.5 Å². The Hall–Kier alpha value is -1.29. The summed E-state index contributed by atoms with van der Waals surface area (Å²) in [6, 6.07) is 1.94. The first kappa shape index (κ1) is 9.27. The summed E-state index contributed by atoms with van der Waals surface area (Å²) in [6.45, 7) is 3.93. The smallest absolute Gasteiger partial charge is 0.305 e. The number of fused-ring (bicyclic) bond motifs is 1. The maximum atomic E-state index is 11.2. The number of hydrogen-bond acceptors (Lipinski definition) is 3. The van der Waals surface area contributed by atoms with Gasteiger partial charge in [0.05, 0.1) is 17.3 Å². The van der Waals surface area contributed by atoms with Gasteiger partial charge in [0.15, 0.2) is 0 Å². The lowest BCUT2D eigenvalue weighted by atomic mass is 10.1. The van der Waals surface area contributed by atoms with E-state index in [1.165, 1.54) is 11.3 Å². The van der Waals surface area contributed by atoms with E-state index in [1.807, 2.05) is 19.9 Å². The Kier molecular flexibility index (Phi) is 2.07. The van der Waals surface area contributed by atoms with E-state index >= 15 is 0 Å². The van der Waals surface area contributed by atoms with Crippen molar-refractivity contribution in [1.82, 2.24) is 4.98 Å². The van der Waals surface area contributed by atoms with Gasteiger partial charge in [-0.2, -0.15) is 0 Å². The zero-order chi connectivity index (χ0) is 10.3. The predicted molar refractivity (Wildman–Crippen MR) is 58.5 cm³/mol. The second-order valence-corrected chi connectivity index (χ2v) is 4.22. The Morgan fingerprint density at radius 2 is 2.14 bits per heavy atom. The standard InChI is InChI=1S/C10H11NO2S/c1-5-4-7(13-3)6(2)9-8(5)11-10(12)14-9/h4H,1-3H3,(H,11,12). The van der Waals surface area contributed by atoms with Crippen LogP contribution in [0.3, 0.4) is 0 Å². The average Bonchev–Trinajstić information content (AvgIpc) is 2.54. The lowest BCUT2D eigenvalue weighted by molar-refractivity contribution is 0.412. The van der Waals surface area contributed by atoms with E-state index in [4.69, 9.17) is 4.74 Å². The second kappa shape index (κ2) is 3.13. The highest BCUT2D eigenvalue weighted by Gasteiger charge is 2.10. The summed E-state index contributed by atoms with van der Waals surface area (Å²) in [5.41, 5.74) is 3.00. The Morgan fingerprint density at radius 3 is 2.79 bits per heavy atom. The molecule has 0 saturated carbocycles. The molecule has 0 unspecified atom stereocenters. The van der Waals surface area contributed by atoms with Crippen molar-refractivity contribution in [3.05, 3.63) is 26.9 Å². The van der Waals surface area contributed by atoms with Gasteiger partial charge in [0.2, 0.25) is 0 Å². The second-order valence-electron chi connectivity index (χ2n) is 3.24. The number of ether oxygens (including phenoxy) is 1. The van der Waals surface area contributed by atoms with Crippen LogP contribution in [0.25, 0.3) is 10.2 Å². The maximum absolute atomic E-state index is 11.2. The van der Waals surface area contributed by atoms with E-state index in [0.717, 1.165) is 27.1 Å². The largest absolute Gasteiger partial charge is 0.496 e. The Balaban J connectivity index is 2.93. The van der Waals surface area contributed by atoms with Gasteiger partial charge in [-0.15, -0.1) is 0 Å². The quantitative estimate of drug-likeness (QED) is 0.782. The van der Waals surface area contributed by atoms with Gasteiger partial charge in [-0.3, -0.25) is 4.79 Å². The molecule has 1 aromatic carbocycles. The van der Waals surface area contributed by atoms with Crippen molar-refractivity contribution in [3.63, 3.8) is 0 Å². The molecule has 2 aromatic rings.